The van der Waals surface area contributed by atoms with E-state index in [4.69, 9.17) is 4.74 Å². The summed E-state index contributed by atoms with van der Waals surface area (Å²) in [6.07, 6.45) is 2.24. The minimum Gasteiger partial charge on any atom is -0.452 e. The summed E-state index contributed by atoms with van der Waals surface area (Å²) in [6.45, 7) is 7.99. The zero-order chi connectivity index (χ0) is 21.8. The van der Waals surface area contributed by atoms with Gasteiger partial charge in [-0.25, -0.2) is 4.79 Å². The summed E-state index contributed by atoms with van der Waals surface area (Å²) in [5.41, 5.74) is 3.12. The maximum atomic E-state index is 12.5. The highest BCUT2D eigenvalue weighted by Crippen LogP contribution is 2.38. The Kier molecular flexibility index (Phi) is 6.59. The molecule has 0 aliphatic heterocycles. The Balaban J connectivity index is 1.59. The van der Waals surface area contributed by atoms with Gasteiger partial charge in [-0.05, 0) is 50.8 Å². The van der Waals surface area contributed by atoms with E-state index in [9.17, 15) is 14.4 Å². The molecule has 1 heterocycles. The average Bonchev–Trinajstić information content (AvgIpc) is 3.49. The summed E-state index contributed by atoms with van der Waals surface area (Å²) >= 11 is 0. The molecule has 0 bridgehead atoms. The van der Waals surface area contributed by atoms with Crippen LogP contribution in [0, 0.1) is 19.8 Å². The summed E-state index contributed by atoms with van der Waals surface area (Å²) in [5.74, 6) is -0.960. The number of hydrogen-bond acceptors (Lipinski definition) is 4. The Morgan fingerprint density at radius 2 is 1.83 bits per heavy atom. The normalized spacial score (nSPS) is 13.2. The highest BCUT2D eigenvalue weighted by molar-refractivity contribution is 6.04. The first-order valence-corrected chi connectivity index (χ1v) is 10.3. The molecule has 1 aliphatic carbocycles. The second-order valence-corrected chi connectivity index (χ2v) is 8.16. The lowest BCUT2D eigenvalue weighted by molar-refractivity contribution is -0.119. The summed E-state index contributed by atoms with van der Waals surface area (Å²) in [7, 11) is 0. The van der Waals surface area contributed by atoms with Crippen LogP contribution < -0.4 is 10.6 Å². The zero-order valence-corrected chi connectivity index (χ0v) is 18.0. The standard InChI is InChI=1S/C23H29N3O4/c1-14(2)12-24-22(28)18-7-5-6-8-20(18)25-21(27)13-30-23(29)19-11-15(3)26(16(19)4)17-9-10-17/h5-8,11,14,17H,9-10,12-13H2,1-4H3,(H,24,28)(H,25,27). The maximum absolute atomic E-state index is 12.5. The van der Waals surface area contributed by atoms with Gasteiger partial charge in [-0.2, -0.15) is 0 Å². The Labute approximate surface area is 176 Å². The number of amides is 2. The van der Waals surface area contributed by atoms with Gasteiger partial charge in [-0.1, -0.05) is 26.0 Å². The predicted octanol–water partition coefficient (Wildman–Crippen LogP) is 3.62. The summed E-state index contributed by atoms with van der Waals surface area (Å²) in [6, 6.07) is 9.02. The summed E-state index contributed by atoms with van der Waals surface area (Å²) < 4.78 is 7.38. The van der Waals surface area contributed by atoms with Crippen molar-refractivity contribution < 1.29 is 19.1 Å². The molecule has 160 valence electrons. The summed E-state index contributed by atoms with van der Waals surface area (Å²) in [4.78, 5) is 37.2. The van der Waals surface area contributed by atoms with Crippen LogP contribution in [0.1, 0.15) is 64.8 Å². The predicted molar refractivity (Wildman–Crippen MR) is 115 cm³/mol. The average molecular weight is 412 g/mol. The Bertz CT molecular complexity index is 957. The number of rotatable bonds is 8. The molecule has 2 amide bonds. The molecule has 1 fully saturated rings. The monoisotopic (exact) mass is 411 g/mol. The fourth-order valence-corrected chi connectivity index (χ4v) is 3.46. The number of anilines is 1. The third-order valence-electron chi connectivity index (χ3n) is 5.07. The molecule has 0 spiro atoms. The van der Waals surface area contributed by atoms with Gasteiger partial charge in [0.15, 0.2) is 6.61 Å². The van der Waals surface area contributed by atoms with Crippen molar-refractivity contribution >= 4 is 23.5 Å². The third kappa shape index (κ3) is 5.09. The van der Waals surface area contributed by atoms with E-state index in [1.165, 1.54) is 0 Å². The van der Waals surface area contributed by atoms with Crippen molar-refractivity contribution in [1.29, 1.82) is 0 Å². The van der Waals surface area contributed by atoms with Gasteiger partial charge >= 0.3 is 5.97 Å². The molecule has 1 aromatic heterocycles. The zero-order valence-electron chi connectivity index (χ0n) is 18.0. The van der Waals surface area contributed by atoms with E-state index in [1.807, 2.05) is 33.8 Å². The molecular formula is C23H29N3O4. The fraction of sp³-hybridized carbons (Fsp3) is 0.435. The number of esters is 1. The number of hydrogen-bond donors (Lipinski definition) is 2. The number of benzene rings is 1. The van der Waals surface area contributed by atoms with Gasteiger partial charge in [0.25, 0.3) is 11.8 Å². The van der Waals surface area contributed by atoms with Gasteiger partial charge in [0, 0.05) is 24.0 Å². The molecule has 0 unspecified atom stereocenters. The largest absolute Gasteiger partial charge is 0.452 e. The van der Waals surface area contributed by atoms with Gasteiger partial charge in [-0.15, -0.1) is 0 Å². The second kappa shape index (κ2) is 9.15. The van der Waals surface area contributed by atoms with Crippen LogP contribution in [0.2, 0.25) is 0 Å². The fourth-order valence-electron chi connectivity index (χ4n) is 3.46. The molecule has 0 atom stereocenters. The lowest BCUT2D eigenvalue weighted by Crippen LogP contribution is -2.29. The van der Waals surface area contributed by atoms with Crippen molar-refractivity contribution in [3.63, 3.8) is 0 Å². The van der Waals surface area contributed by atoms with Crippen LogP contribution in [0.25, 0.3) is 0 Å². The van der Waals surface area contributed by atoms with Gasteiger partial charge < -0.3 is 19.9 Å². The van der Waals surface area contributed by atoms with Crippen molar-refractivity contribution in [1.82, 2.24) is 9.88 Å². The first-order valence-electron chi connectivity index (χ1n) is 10.3. The maximum Gasteiger partial charge on any atom is 0.340 e. The third-order valence-corrected chi connectivity index (χ3v) is 5.07. The van der Waals surface area contributed by atoms with E-state index in [1.54, 1.807) is 24.3 Å². The van der Waals surface area contributed by atoms with Crippen molar-refractivity contribution in [2.24, 2.45) is 5.92 Å². The first kappa shape index (κ1) is 21.6. The molecule has 30 heavy (non-hydrogen) atoms. The molecule has 7 nitrogen and oxygen atoms in total. The number of nitrogens with zero attached hydrogens (tertiary/aromatic N) is 1. The van der Waals surface area contributed by atoms with Crippen molar-refractivity contribution in [3.05, 3.63) is 52.8 Å². The van der Waals surface area contributed by atoms with Crippen LogP contribution in [0.4, 0.5) is 5.69 Å². The van der Waals surface area contributed by atoms with Crippen LogP contribution in [-0.2, 0) is 9.53 Å². The van der Waals surface area contributed by atoms with Crippen LogP contribution in [0.5, 0.6) is 0 Å². The van der Waals surface area contributed by atoms with Crippen LogP contribution in [-0.4, -0.2) is 35.5 Å². The number of carbonyl (C=O) groups is 3. The Morgan fingerprint density at radius 3 is 2.50 bits per heavy atom. The van der Waals surface area contributed by atoms with E-state index in [0.29, 0.717) is 35.3 Å². The van der Waals surface area contributed by atoms with E-state index < -0.39 is 18.5 Å². The Hall–Kier alpha value is -3.09. The molecule has 7 heteroatoms. The molecule has 1 aromatic carbocycles. The number of para-hydroxylation sites is 1. The number of aryl methyl sites for hydroxylation is 1. The Morgan fingerprint density at radius 1 is 1.13 bits per heavy atom. The van der Waals surface area contributed by atoms with Crippen molar-refractivity contribution in [2.45, 2.75) is 46.6 Å². The van der Waals surface area contributed by atoms with E-state index >= 15 is 0 Å². The van der Waals surface area contributed by atoms with Crippen LogP contribution >= 0.6 is 0 Å². The SMILES string of the molecule is Cc1cc(C(=O)OCC(=O)Nc2ccccc2C(=O)NCC(C)C)c(C)n1C1CC1. The molecule has 0 radical (unpaired) electrons. The molecule has 1 saturated carbocycles. The molecule has 3 rings (SSSR count). The lowest BCUT2D eigenvalue weighted by atomic mass is 10.1. The van der Waals surface area contributed by atoms with E-state index in [0.717, 1.165) is 24.2 Å². The van der Waals surface area contributed by atoms with E-state index in [-0.39, 0.29) is 5.91 Å². The quantitative estimate of drug-likeness (QED) is 0.649. The van der Waals surface area contributed by atoms with Crippen LogP contribution in [0.3, 0.4) is 0 Å². The van der Waals surface area contributed by atoms with Gasteiger partial charge in [0.05, 0.1) is 16.8 Å². The highest BCUT2D eigenvalue weighted by atomic mass is 16.5. The molecule has 0 saturated heterocycles. The molecule has 2 aromatic rings. The number of carbonyl (C=O) groups excluding carboxylic acids is 3. The molecule has 1 aliphatic rings. The van der Waals surface area contributed by atoms with Crippen molar-refractivity contribution in [2.75, 3.05) is 18.5 Å². The smallest absolute Gasteiger partial charge is 0.340 e. The number of ether oxygens (including phenoxy) is 1. The second-order valence-electron chi connectivity index (χ2n) is 8.16. The van der Waals surface area contributed by atoms with E-state index in [2.05, 4.69) is 15.2 Å². The summed E-state index contributed by atoms with van der Waals surface area (Å²) in [5, 5.41) is 5.50. The first-order chi connectivity index (χ1) is 14.3. The lowest BCUT2D eigenvalue weighted by Gasteiger charge is -2.12. The van der Waals surface area contributed by atoms with Crippen LogP contribution in [0.15, 0.2) is 30.3 Å². The topological polar surface area (TPSA) is 89.4 Å². The highest BCUT2D eigenvalue weighted by Gasteiger charge is 2.29. The minimum atomic E-state index is -0.520. The minimum absolute atomic E-state index is 0.260. The molecule has 2 N–H and O–H groups in total. The number of aromatic nitrogens is 1. The number of nitrogens with one attached hydrogen (secondary N) is 2. The van der Waals surface area contributed by atoms with Gasteiger partial charge in [0.2, 0.25) is 0 Å². The van der Waals surface area contributed by atoms with Crippen molar-refractivity contribution in [3.8, 4) is 0 Å². The molecular weight excluding hydrogens is 382 g/mol. The van der Waals surface area contributed by atoms with Gasteiger partial charge in [-0.3, -0.25) is 9.59 Å². The van der Waals surface area contributed by atoms with Gasteiger partial charge in [0.1, 0.15) is 0 Å².